The Kier molecular flexibility index (Phi) is 3.50. The zero-order chi connectivity index (χ0) is 17.3. The van der Waals surface area contributed by atoms with Gasteiger partial charge in [0.2, 0.25) is 0 Å². The van der Waals surface area contributed by atoms with Gasteiger partial charge in [0.15, 0.2) is 0 Å². The predicted octanol–water partition coefficient (Wildman–Crippen LogP) is 5.03. The summed E-state index contributed by atoms with van der Waals surface area (Å²) in [5, 5.41) is 0. The average Bonchev–Trinajstić information content (AvgIpc) is 2.87. The molecule has 2 saturated carbocycles. The van der Waals surface area contributed by atoms with Crippen molar-refractivity contribution in [3.63, 3.8) is 0 Å². The van der Waals surface area contributed by atoms with Gasteiger partial charge < -0.3 is 0 Å². The average molecular weight is 326 g/mol. The third-order valence-corrected chi connectivity index (χ3v) is 8.17. The van der Waals surface area contributed by atoms with Gasteiger partial charge in [0.25, 0.3) is 0 Å². The van der Waals surface area contributed by atoms with Gasteiger partial charge in [0.05, 0.1) is 0 Å². The van der Waals surface area contributed by atoms with Crippen molar-refractivity contribution in [3.8, 4) is 0 Å². The van der Waals surface area contributed by atoms with Crippen molar-refractivity contribution >= 4 is 11.6 Å². The highest BCUT2D eigenvalue weighted by molar-refractivity contribution is 5.83. The summed E-state index contributed by atoms with van der Waals surface area (Å²) in [6.07, 6.45) is 9.29. The number of allylic oxidation sites excluding steroid dienone is 4. The van der Waals surface area contributed by atoms with Crippen molar-refractivity contribution in [3.05, 3.63) is 22.8 Å². The molecule has 4 aliphatic rings. The van der Waals surface area contributed by atoms with E-state index in [2.05, 4.69) is 26.8 Å². The lowest BCUT2D eigenvalue weighted by Gasteiger charge is -2.53. The second-order valence-electron chi connectivity index (χ2n) is 9.33. The van der Waals surface area contributed by atoms with Crippen LogP contribution in [-0.4, -0.2) is 11.6 Å². The minimum Gasteiger partial charge on any atom is -0.300 e. The van der Waals surface area contributed by atoms with E-state index >= 15 is 0 Å². The van der Waals surface area contributed by atoms with Crippen molar-refractivity contribution < 1.29 is 9.59 Å². The number of carbonyl (C=O) groups is 2. The fourth-order valence-corrected chi connectivity index (χ4v) is 6.89. The molecule has 0 aromatic heterocycles. The molecule has 2 nitrogen and oxygen atoms in total. The number of hydrogen-bond donors (Lipinski definition) is 0. The largest absolute Gasteiger partial charge is 0.300 e. The number of fused-ring (bicyclic) bond motifs is 5. The lowest BCUT2D eigenvalue weighted by Crippen LogP contribution is -2.45. The Labute approximate surface area is 145 Å². The van der Waals surface area contributed by atoms with Crippen LogP contribution >= 0.6 is 0 Å². The van der Waals surface area contributed by atoms with Gasteiger partial charge in [0.1, 0.15) is 11.6 Å². The van der Waals surface area contributed by atoms with Gasteiger partial charge in [-0.05, 0) is 63.2 Å². The van der Waals surface area contributed by atoms with Crippen LogP contribution in [0.3, 0.4) is 0 Å². The standard InChI is InChI=1S/C22H30O2/c1-13-11-16-18-6-5-17(14(2)23)21(18,3)10-8-19(16)22(4)9-7-15(24)12-20(13)22/h8,16-18H,5-7,9-12H2,1-4H3. The monoisotopic (exact) mass is 326 g/mol. The van der Waals surface area contributed by atoms with Gasteiger partial charge in [-0.3, -0.25) is 9.59 Å². The summed E-state index contributed by atoms with van der Waals surface area (Å²) in [7, 11) is 0. The van der Waals surface area contributed by atoms with Crippen molar-refractivity contribution in [2.24, 2.45) is 28.6 Å². The smallest absolute Gasteiger partial charge is 0.137 e. The first-order valence-electron chi connectivity index (χ1n) is 9.69. The molecule has 4 rings (SSSR count). The molecule has 24 heavy (non-hydrogen) atoms. The van der Waals surface area contributed by atoms with Crippen LogP contribution in [0.15, 0.2) is 22.8 Å². The number of Topliss-reactive ketones (excluding diaryl/α,β-unsaturated/α-hetero) is 2. The topological polar surface area (TPSA) is 34.1 Å². The highest BCUT2D eigenvalue weighted by Crippen LogP contribution is 2.64. The Balaban J connectivity index is 1.77. The summed E-state index contributed by atoms with van der Waals surface area (Å²) in [6, 6.07) is 0. The van der Waals surface area contributed by atoms with Gasteiger partial charge in [-0.25, -0.2) is 0 Å². The van der Waals surface area contributed by atoms with Crippen LogP contribution in [0.5, 0.6) is 0 Å². The Morgan fingerprint density at radius 1 is 1.25 bits per heavy atom. The van der Waals surface area contributed by atoms with E-state index in [-0.39, 0.29) is 16.7 Å². The molecule has 0 amide bonds. The van der Waals surface area contributed by atoms with Gasteiger partial charge in [-0.15, -0.1) is 0 Å². The van der Waals surface area contributed by atoms with Crippen LogP contribution in [0.1, 0.15) is 72.6 Å². The first kappa shape index (κ1) is 16.3. The number of ketones is 2. The Hall–Kier alpha value is -1.18. The van der Waals surface area contributed by atoms with Crippen molar-refractivity contribution in [2.75, 3.05) is 0 Å². The van der Waals surface area contributed by atoms with Crippen LogP contribution in [0.25, 0.3) is 0 Å². The molecule has 0 aromatic carbocycles. The van der Waals surface area contributed by atoms with Crippen LogP contribution < -0.4 is 0 Å². The summed E-state index contributed by atoms with van der Waals surface area (Å²) in [5.41, 5.74) is 4.76. The highest BCUT2D eigenvalue weighted by Gasteiger charge is 2.57. The first-order chi connectivity index (χ1) is 11.3. The molecule has 0 heterocycles. The van der Waals surface area contributed by atoms with Crippen LogP contribution in [0.4, 0.5) is 0 Å². The Morgan fingerprint density at radius 2 is 2.00 bits per heavy atom. The maximum Gasteiger partial charge on any atom is 0.137 e. The highest BCUT2D eigenvalue weighted by atomic mass is 16.1. The summed E-state index contributed by atoms with van der Waals surface area (Å²) in [6.45, 7) is 8.80. The zero-order valence-corrected chi connectivity index (χ0v) is 15.6. The number of rotatable bonds is 1. The first-order valence-corrected chi connectivity index (χ1v) is 9.69. The third-order valence-electron chi connectivity index (χ3n) is 8.17. The van der Waals surface area contributed by atoms with Gasteiger partial charge in [-0.1, -0.05) is 36.6 Å². The summed E-state index contributed by atoms with van der Waals surface area (Å²) >= 11 is 0. The minimum atomic E-state index is 0.108. The molecule has 2 fully saturated rings. The number of hydrogen-bond acceptors (Lipinski definition) is 2. The van der Waals surface area contributed by atoms with E-state index in [1.165, 1.54) is 17.6 Å². The predicted molar refractivity (Wildman–Crippen MR) is 95.5 cm³/mol. The van der Waals surface area contributed by atoms with Crippen molar-refractivity contribution in [1.29, 1.82) is 0 Å². The molecule has 0 radical (unpaired) electrons. The van der Waals surface area contributed by atoms with Crippen molar-refractivity contribution in [2.45, 2.75) is 72.6 Å². The van der Waals surface area contributed by atoms with E-state index < -0.39 is 0 Å². The summed E-state index contributed by atoms with van der Waals surface area (Å²) < 4.78 is 0. The van der Waals surface area contributed by atoms with Crippen LogP contribution in [0.2, 0.25) is 0 Å². The molecular weight excluding hydrogens is 296 g/mol. The molecular formula is C22H30O2. The lowest BCUT2D eigenvalue weighted by atomic mass is 9.50. The molecule has 0 aliphatic heterocycles. The number of carbonyl (C=O) groups excluding carboxylic acids is 2. The van der Waals surface area contributed by atoms with Crippen LogP contribution in [-0.2, 0) is 9.59 Å². The maximum absolute atomic E-state index is 12.2. The van der Waals surface area contributed by atoms with Gasteiger partial charge >= 0.3 is 0 Å². The van der Waals surface area contributed by atoms with Crippen LogP contribution in [0, 0.1) is 28.6 Å². The van der Waals surface area contributed by atoms with Gasteiger partial charge in [0, 0.05) is 24.2 Å². The molecule has 0 aromatic rings. The third kappa shape index (κ3) is 2.01. The fourth-order valence-electron chi connectivity index (χ4n) is 6.89. The van der Waals surface area contributed by atoms with E-state index in [9.17, 15) is 9.59 Å². The summed E-state index contributed by atoms with van der Waals surface area (Å²) in [4.78, 5) is 24.2. The van der Waals surface area contributed by atoms with E-state index in [4.69, 9.17) is 0 Å². The molecule has 130 valence electrons. The fraction of sp³-hybridized carbons (Fsp3) is 0.727. The second kappa shape index (κ2) is 5.16. The van der Waals surface area contributed by atoms with Gasteiger partial charge in [-0.2, -0.15) is 0 Å². The quantitative estimate of drug-likeness (QED) is 0.633. The molecule has 0 bridgehead atoms. The molecule has 4 aliphatic carbocycles. The Bertz CT molecular complexity index is 682. The normalized spacial score (nSPS) is 44.6. The van der Waals surface area contributed by atoms with E-state index in [1.807, 2.05) is 0 Å². The molecule has 0 N–H and O–H groups in total. The SMILES string of the molecule is CC(=O)C1CCC2C3CC(C)=C4CC(=O)CCC4(C)C3=CCC12C. The minimum absolute atomic E-state index is 0.108. The molecule has 2 heteroatoms. The zero-order valence-electron chi connectivity index (χ0n) is 15.6. The van der Waals surface area contributed by atoms with E-state index in [0.29, 0.717) is 29.8 Å². The molecule has 5 unspecified atom stereocenters. The summed E-state index contributed by atoms with van der Waals surface area (Å²) in [5.74, 6) is 2.27. The van der Waals surface area contributed by atoms with E-state index in [1.54, 1.807) is 12.5 Å². The van der Waals surface area contributed by atoms with E-state index in [0.717, 1.165) is 32.1 Å². The second-order valence-corrected chi connectivity index (χ2v) is 9.33. The van der Waals surface area contributed by atoms with Crippen molar-refractivity contribution in [1.82, 2.24) is 0 Å². The maximum atomic E-state index is 12.2. The Morgan fingerprint density at radius 3 is 2.71 bits per heavy atom. The lowest BCUT2D eigenvalue weighted by molar-refractivity contribution is -0.125. The molecule has 0 saturated heterocycles. The molecule has 5 atom stereocenters. The molecule has 0 spiro atoms.